The zero-order chi connectivity index (χ0) is 9.26. The predicted octanol–water partition coefficient (Wildman–Crippen LogP) is 3.76. The van der Waals surface area contributed by atoms with Crippen molar-refractivity contribution in [3.05, 3.63) is 40.0 Å². The fourth-order valence-electron chi connectivity index (χ4n) is 1.02. The monoisotopic (exact) mass is 257 g/mol. The lowest BCUT2D eigenvalue weighted by Crippen LogP contribution is -1.77. The highest BCUT2D eigenvalue weighted by Crippen LogP contribution is 2.27. The van der Waals surface area contributed by atoms with Gasteiger partial charge in [-0.3, -0.25) is 0 Å². The van der Waals surface area contributed by atoms with Gasteiger partial charge < -0.3 is 4.52 Å². The van der Waals surface area contributed by atoms with E-state index in [1.165, 1.54) is 6.26 Å². The first-order chi connectivity index (χ1) is 6.27. The molecule has 2 rings (SSSR count). The number of rotatable bonds is 1. The Bertz CT molecular complexity index is 414. The van der Waals surface area contributed by atoms with Crippen molar-refractivity contribution in [3.63, 3.8) is 0 Å². The number of nitrogens with zero attached hydrogens (tertiary/aromatic N) is 1. The Kier molecular flexibility index (Phi) is 2.38. The fourth-order valence-corrected chi connectivity index (χ4v) is 1.51. The molecule has 66 valence electrons. The standard InChI is InChI=1S/C9H5BrClNO/c10-7-5-6(1-2-8(7)11)9-3-4-13-12-9/h1-5H. The summed E-state index contributed by atoms with van der Waals surface area (Å²) in [6.45, 7) is 0. The Morgan fingerprint density at radius 2 is 2.15 bits per heavy atom. The molecule has 0 aliphatic heterocycles. The highest BCUT2D eigenvalue weighted by atomic mass is 79.9. The van der Waals surface area contributed by atoms with E-state index in [4.69, 9.17) is 16.1 Å². The predicted molar refractivity (Wildman–Crippen MR) is 54.6 cm³/mol. The van der Waals surface area contributed by atoms with Crippen molar-refractivity contribution in [1.29, 1.82) is 0 Å². The highest BCUT2D eigenvalue weighted by molar-refractivity contribution is 9.10. The quantitative estimate of drug-likeness (QED) is 0.778. The first kappa shape index (κ1) is 8.78. The minimum atomic E-state index is 0.687. The van der Waals surface area contributed by atoms with Crippen LogP contribution in [0.1, 0.15) is 0 Å². The van der Waals surface area contributed by atoms with Gasteiger partial charge in [0.2, 0.25) is 0 Å². The zero-order valence-electron chi connectivity index (χ0n) is 6.50. The van der Waals surface area contributed by atoms with Gasteiger partial charge in [-0.05, 0) is 28.1 Å². The summed E-state index contributed by atoms with van der Waals surface area (Å²) < 4.78 is 5.60. The van der Waals surface area contributed by atoms with E-state index in [1.54, 1.807) is 6.07 Å². The van der Waals surface area contributed by atoms with E-state index in [9.17, 15) is 0 Å². The molecule has 1 heterocycles. The minimum absolute atomic E-state index is 0.687. The van der Waals surface area contributed by atoms with Gasteiger partial charge in [0.15, 0.2) is 0 Å². The first-order valence-corrected chi connectivity index (χ1v) is 4.80. The maximum atomic E-state index is 5.85. The molecule has 0 unspecified atom stereocenters. The van der Waals surface area contributed by atoms with Crippen molar-refractivity contribution in [2.75, 3.05) is 0 Å². The summed E-state index contributed by atoms with van der Waals surface area (Å²) in [4.78, 5) is 0. The van der Waals surface area contributed by atoms with Gasteiger partial charge in [-0.25, -0.2) is 0 Å². The molecule has 0 radical (unpaired) electrons. The van der Waals surface area contributed by atoms with E-state index in [0.29, 0.717) is 5.02 Å². The van der Waals surface area contributed by atoms with Crippen molar-refractivity contribution in [2.24, 2.45) is 0 Å². The van der Waals surface area contributed by atoms with Crippen molar-refractivity contribution < 1.29 is 4.52 Å². The van der Waals surface area contributed by atoms with Gasteiger partial charge in [0.25, 0.3) is 0 Å². The molecule has 2 aromatic rings. The summed E-state index contributed by atoms with van der Waals surface area (Å²) in [5.74, 6) is 0. The molecule has 4 heteroatoms. The number of aromatic nitrogens is 1. The summed E-state index contributed by atoms with van der Waals surface area (Å²) in [6, 6.07) is 7.41. The average molecular weight is 259 g/mol. The van der Waals surface area contributed by atoms with Gasteiger partial charge >= 0.3 is 0 Å². The Hall–Kier alpha value is -0.800. The van der Waals surface area contributed by atoms with Gasteiger partial charge in [-0.1, -0.05) is 22.8 Å². The second-order valence-corrected chi connectivity index (χ2v) is 3.78. The number of benzene rings is 1. The molecular formula is C9H5BrClNO. The Labute approximate surface area is 88.6 Å². The summed E-state index contributed by atoms with van der Waals surface area (Å²) in [6.07, 6.45) is 1.54. The molecule has 0 saturated carbocycles. The SMILES string of the molecule is Clc1ccc(-c2ccon2)cc1Br. The summed E-state index contributed by atoms with van der Waals surface area (Å²) in [7, 11) is 0. The molecular weight excluding hydrogens is 253 g/mol. The van der Waals surface area contributed by atoms with Crippen molar-refractivity contribution in [2.45, 2.75) is 0 Å². The van der Waals surface area contributed by atoms with Crippen LogP contribution in [0.4, 0.5) is 0 Å². The van der Waals surface area contributed by atoms with E-state index in [0.717, 1.165) is 15.7 Å². The number of halogens is 2. The lowest BCUT2D eigenvalue weighted by Gasteiger charge is -1.98. The summed E-state index contributed by atoms with van der Waals surface area (Å²) in [5, 5.41) is 4.51. The largest absolute Gasteiger partial charge is 0.364 e. The van der Waals surface area contributed by atoms with Gasteiger partial charge in [-0.2, -0.15) is 0 Å². The van der Waals surface area contributed by atoms with Crippen molar-refractivity contribution in [3.8, 4) is 11.3 Å². The Morgan fingerprint density at radius 1 is 1.31 bits per heavy atom. The van der Waals surface area contributed by atoms with Gasteiger partial charge in [0.05, 0.1) is 5.02 Å². The van der Waals surface area contributed by atoms with Gasteiger partial charge in [0.1, 0.15) is 12.0 Å². The third kappa shape index (κ3) is 1.76. The van der Waals surface area contributed by atoms with Crippen LogP contribution < -0.4 is 0 Å². The van der Waals surface area contributed by atoms with Crippen LogP contribution in [0.15, 0.2) is 39.5 Å². The average Bonchev–Trinajstić information content (AvgIpc) is 2.62. The molecule has 1 aromatic carbocycles. The van der Waals surface area contributed by atoms with Crippen LogP contribution in [0.25, 0.3) is 11.3 Å². The molecule has 0 aliphatic carbocycles. The van der Waals surface area contributed by atoms with Crippen LogP contribution in [-0.4, -0.2) is 5.16 Å². The van der Waals surface area contributed by atoms with Crippen LogP contribution in [0.3, 0.4) is 0 Å². The molecule has 0 N–H and O–H groups in total. The van der Waals surface area contributed by atoms with Gasteiger partial charge in [0, 0.05) is 16.1 Å². The molecule has 0 bridgehead atoms. The number of hydrogen-bond acceptors (Lipinski definition) is 2. The molecule has 0 spiro atoms. The Morgan fingerprint density at radius 3 is 2.77 bits per heavy atom. The molecule has 0 saturated heterocycles. The second kappa shape index (κ2) is 3.52. The summed E-state index contributed by atoms with van der Waals surface area (Å²) in [5.41, 5.74) is 1.78. The molecule has 2 nitrogen and oxygen atoms in total. The molecule has 0 atom stereocenters. The zero-order valence-corrected chi connectivity index (χ0v) is 8.84. The van der Waals surface area contributed by atoms with E-state index in [2.05, 4.69) is 21.1 Å². The first-order valence-electron chi connectivity index (χ1n) is 3.63. The Balaban J connectivity index is 2.49. The maximum absolute atomic E-state index is 5.85. The normalized spacial score (nSPS) is 10.3. The second-order valence-electron chi connectivity index (χ2n) is 2.51. The lowest BCUT2D eigenvalue weighted by atomic mass is 10.2. The van der Waals surface area contributed by atoms with E-state index >= 15 is 0 Å². The third-order valence-electron chi connectivity index (χ3n) is 1.65. The minimum Gasteiger partial charge on any atom is -0.364 e. The van der Waals surface area contributed by atoms with Crippen LogP contribution in [0, 0.1) is 0 Å². The van der Waals surface area contributed by atoms with Crippen LogP contribution in [0.5, 0.6) is 0 Å². The van der Waals surface area contributed by atoms with Crippen LogP contribution in [0.2, 0.25) is 5.02 Å². The van der Waals surface area contributed by atoms with E-state index in [1.807, 2.05) is 18.2 Å². The third-order valence-corrected chi connectivity index (χ3v) is 2.87. The van der Waals surface area contributed by atoms with Crippen LogP contribution >= 0.6 is 27.5 Å². The fraction of sp³-hybridized carbons (Fsp3) is 0. The number of hydrogen-bond donors (Lipinski definition) is 0. The maximum Gasteiger partial charge on any atom is 0.124 e. The molecule has 0 aliphatic rings. The molecule has 0 fully saturated rings. The molecule has 1 aromatic heterocycles. The van der Waals surface area contributed by atoms with E-state index < -0.39 is 0 Å². The molecule has 0 amide bonds. The lowest BCUT2D eigenvalue weighted by molar-refractivity contribution is 0.422. The van der Waals surface area contributed by atoms with Gasteiger partial charge in [-0.15, -0.1) is 0 Å². The topological polar surface area (TPSA) is 26.0 Å². The summed E-state index contributed by atoms with van der Waals surface area (Å²) >= 11 is 9.19. The van der Waals surface area contributed by atoms with Crippen LogP contribution in [-0.2, 0) is 0 Å². The smallest absolute Gasteiger partial charge is 0.124 e. The van der Waals surface area contributed by atoms with Crippen molar-refractivity contribution in [1.82, 2.24) is 5.16 Å². The molecule has 13 heavy (non-hydrogen) atoms. The van der Waals surface area contributed by atoms with E-state index in [-0.39, 0.29) is 0 Å². The highest BCUT2D eigenvalue weighted by Gasteiger charge is 2.03. The van der Waals surface area contributed by atoms with Crippen molar-refractivity contribution >= 4 is 27.5 Å².